The summed E-state index contributed by atoms with van der Waals surface area (Å²) in [6, 6.07) is 10.1. The van der Waals surface area contributed by atoms with Gasteiger partial charge in [-0.3, -0.25) is 15.1 Å². The summed E-state index contributed by atoms with van der Waals surface area (Å²) in [5, 5.41) is 0.0122. The second-order valence-electron chi connectivity index (χ2n) is 7.01. The molecule has 2 atom stereocenters. The Morgan fingerprint density at radius 1 is 0.643 bits per heavy atom. The Balaban J connectivity index is 2.34. The molecule has 28 heavy (non-hydrogen) atoms. The molecule has 0 nitrogen and oxygen atoms in total. The highest BCUT2D eigenvalue weighted by Gasteiger charge is 2.39. The van der Waals surface area contributed by atoms with E-state index in [1.54, 1.807) is 13.3 Å². The summed E-state index contributed by atoms with van der Waals surface area (Å²) in [5.74, 6) is 0. The quantitative estimate of drug-likeness (QED) is 0.349. The van der Waals surface area contributed by atoms with E-state index in [-0.39, 0.29) is 22.9 Å². The Bertz CT molecular complexity index is 762. The molecule has 0 fully saturated rings. The van der Waals surface area contributed by atoms with Crippen LogP contribution in [0.3, 0.4) is 0 Å². The van der Waals surface area contributed by atoms with Crippen molar-refractivity contribution in [2.45, 2.75) is 12.4 Å². The summed E-state index contributed by atoms with van der Waals surface area (Å²) in [5.41, 5.74) is -1.61. The normalized spacial score (nSPS) is 17.1. The summed E-state index contributed by atoms with van der Waals surface area (Å²) in [4.78, 5) is 0. The van der Waals surface area contributed by atoms with Crippen molar-refractivity contribution in [1.82, 2.24) is 0 Å². The average molecular weight is 432 g/mol. The van der Waals surface area contributed by atoms with Gasteiger partial charge in [0.2, 0.25) is 0 Å². The van der Waals surface area contributed by atoms with Crippen LogP contribution in [-0.4, -0.2) is 40.8 Å². The van der Waals surface area contributed by atoms with Gasteiger partial charge >= 0.3 is 12.4 Å². The zero-order valence-corrected chi connectivity index (χ0v) is 17.1. The molecule has 2 unspecified atom stereocenters. The van der Waals surface area contributed by atoms with Crippen LogP contribution in [-0.2, 0) is 12.4 Å². The molecule has 0 saturated heterocycles. The third-order valence-corrected chi connectivity index (χ3v) is 10.2. The molecule has 2 aromatic carbocycles. The third kappa shape index (κ3) is 5.33. The van der Waals surface area contributed by atoms with Crippen molar-refractivity contribution < 1.29 is 26.3 Å². The maximum absolute atomic E-state index is 13.3. The third-order valence-electron chi connectivity index (χ3n) is 4.55. The second kappa shape index (κ2) is 8.03. The lowest BCUT2D eigenvalue weighted by molar-refractivity contribution is -0.137. The van der Waals surface area contributed by atoms with E-state index in [4.69, 9.17) is 15.1 Å². The van der Waals surface area contributed by atoms with E-state index < -0.39 is 37.8 Å². The van der Waals surface area contributed by atoms with Gasteiger partial charge in [-0.2, -0.15) is 26.3 Å². The van der Waals surface area contributed by atoms with Crippen molar-refractivity contribution in [2.24, 2.45) is 0 Å². The molecule has 0 spiro atoms. The SMILES string of the molecule is [B-][P+](C)(CC[P+]([B-])(C)c1ccccc1C(F)(F)F)c1ccccc1C(F)(F)F. The van der Waals surface area contributed by atoms with Gasteiger partial charge in [0.1, 0.15) is 0 Å². The van der Waals surface area contributed by atoms with Gasteiger partial charge in [0, 0.05) is 25.7 Å². The van der Waals surface area contributed by atoms with Gasteiger partial charge in [-0.25, -0.2) is 14.3 Å². The van der Waals surface area contributed by atoms with Crippen LogP contribution in [0.2, 0.25) is 0 Å². The van der Waals surface area contributed by atoms with Crippen LogP contribution in [0.5, 0.6) is 0 Å². The van der Waals surface area contributed by atoms with Crippen LogP contribution in [0.4, 0.5) is 26.3 Å². The minimum absolute atomic E-state index is 0.00612. The molecular formula is C18H18B2F6P2. The fourth-order valence-corrected chi connectivity index (χ4v) is 9.14. The van der Waals surface area contributed by atoms with Gasteiger partial charge in [0.25, 0.3) is 0 Å². The molecule has 0 aliphatic rings. The van der Waals surface area contributed by atoms with Crippen LogP contribution in [0.15, 0.2) is 48.5 Å². The van der Waals surface area contributed by atoms with Crippen molar-refractivity contribution in [3.8, 4) is 0 Å². The Kier molecular flexibility index (Phi) is 6.68. The molecule has 0 heterocycles. The van der Waals surface area contributed by atoms with Crippen molar-refractivity contribution in [3.05, 3.63) is 59.7 Å². The Hall–Kier alpha value is -0.990. The van der Waals surface area contributed by atoms with E-state index in [0.29, 0.717) is 0 Å². The van der Waals surface area contributed by atoms with Crippen LogP contribution in [0, 0.1) is 0 Å². The van der Waals surface area contributed by atoms with Crippen molar-refractivity contribution in [3.63, 3.8) is 0 Å². The van der Waals surface area contributed by atoms with E-state index >= 15 is 0 Å². The fourth-order valence-electron chi connectivity index (χ4n) is 2.97. The number of alkyl halides is 6. The summed E-state index contributed by atoms with van der Waals surface area (Å²) in [6.07, 6.45) is -8.87. The molecule has 0 amide bonds. The number of rotatable bonds is 5. The summed E-state index contributed by atoms with van der Waals surface area (Å²) in [6.45, 7) is 3.10. The molecule has 0 aromatic heterocycles. The van der Waals surface area contributed by atoms with Crippen LogP contribution >= 0.6 is 14.3 Å². The number of benzene rings is 2. The highest BCUT2D eigenvalue weighted by Crippen LogP contribution is 2.58. The molecule has 0 N–H and O–H groups in total. The highest BCUT2D eigenvalue weighted by molar-refractivity contribution is 8.05. The zero-order chi connectivity index (χ0) is 21.4. The van der Waals surface area contributed by atoms with Gasteiger partial charge in [-0.1, -0.05) is 24.3 Å². The number of hydrogen-bond acceptors (Lipinski definition) is 0. The molecule has 6 radical (unpaired) electrons. The zero-order valence-electron chi connectivity index (χ0n) is 15.3. The van der Waals surface area contributed by atoms with Crippen LogP contribution in [0.25, 0.3) is 0 Å². The minimum atomic E-state index is -4.55. The molecule has 0 aliphatic carbocycles. The average Bonchev–Trinajstić information content (AvgIpc) is 2.59. The summed E-state index contributed by atoms with van der Waals surface area (Å²) >= 11 is 0. The molecule has 0 bridgehead atoms. The van der Waals surface area contributed by atoms with Crippen LogP contribution < -0.4 is 10.6 Å². The Morgan fingerprint density at radius 2 is 0.929 bits per heavy atom. The maximum Gasteiger partial charge on any atom is 0.420 e. The molecule has 10 heteroatoms. The van der Waals surface area contributed by atoms with E-state index in [1.165, 1.54) is 36.4 Å². The molecular weight excluding hydrogens is 414 g/mol. The predicted molar refractivity (Wildman–Crippen MR) is 109 cm³/mol. The Morgan fingerprint density at radius 3 is 1.21 bits per heavy atom. The molecule has 2 aromatic rings. The lowest BCUT2D eigenvalue weighted by Crippen LogP contribution is -2.28. The predicted octanol–water partition coefficient (Wildman–Crippen LogP) is 5.14. The first-order chi connectivity index (χ1) is 12.7. The highest BCUT2D eigenvalue weighted by atomic mass is 31.2. The Labute approximate surface area is 164 Å². The molecule has 2 rings (SSSR count). The lowest BCUT2D eigenvalue weighted by atomic mass is 10.2. The van der Waals surface area contributed by atoms with E-state index in [9.17, 15) is 26.3 Å². The lowest BCUT2D eigenvalue weighted by Gasteiger charge is -2.40. The fraction of sp³-hybridized carbons (Fsp3) is 0.333. The minimum Gasteiger partial charge on any atom is -0.299 e. The maximum atomic E-state index is 13.3. The number of hydrogen-bond donors (Lipinski definition) is 0. The monoisotopic (exact) mass is 432 g/mol. The van der Waals surface area contributed by atoms with E-state index in [2.05, 4.69) is 0 Å². The standard InChI is InChI=1S/C18H18B2F6P2/c1-27(19,15-9-5-3-7-13(15)17(21,22)23)11-12-28(2,20)16-10-6-4-8-14(16)18(24,25)26/h3-10H,11-12H2,1-2H3. The van der Waals surface area contributed by atoms with Crippen LogP contribution in [0.1, 0.15) is 11.1 Å². The first-order valence-electron chi connectivity index (χ1n) is 8.28. The summed E-state index contributed by atoms with van der Waals surface area (Å²) < 4.78 is 79.9. The van der Waals surface area contributed by atoms with Gasteiger partial charge < -0.3 is 0 Å². The van der Waals surface area contributed by atoms with Gasteiger partial charge in [-0.15, -0.1) is 0 Å². The molecule has 0 aliphatic heterocycles. The topological polar surface area (TPSA) is 0 Å². The second-order valence-corrected chi connectivity index (χ2v) is 13.9. The van der Waals surface area contributed by atoms with E-state index in [0.717, 1.165) is 12.1 Å². The van der Waals surface area contributed by atoms with Crippen molar-refractivity contribution in [2.75, 3.05) is 25.7 Å². The first-order valence-corrected chi connectivity index (χ1v) is 13.3. The molecule has 148 valence electrons. The molecule has 0 saturated carbocycles. The largest absolute Gasteiger partial charge is 0.420 e. The van der Waals surface area contributed by atoms with E-state index in [1.807, 2.05) is 0 Å². The van der Waals surface area contributed by atoms with Crippen molar-refractivity contribution >= 4 is 40.0 Å². The summed E-state index contributed by atoms with van der Waals surface area (Å²) in [7, 11) is 7.08. The van der Waals surface area contributed by atoms with Gasteiger partial charge in [0.05, 0.1) is 21.7 Å². The number of halogens is 6. The van der Waals surface area contributed by atoms with Crippen molar-refractivity contribution in [1.29, 1.82) is 0 Å². The first kappa shape index (κ1) is 23.3. The smallest absolute Gasteiger partial charge is 0.299 e. The van der Waals surface area contributed by atoms with Gasteiger partial charge in [-0.05, 0) is 24.3 Å². The van der Waals surface area contributed by atoms with Gasteiger partial charge in [0.15, 0.2) is 0 Å².